The van der Waals surface area contributed by atoms with E-state index in [2.05, 4.69) is 21.7 Å². The second-order valence-corrected chi connectivity index (χ2v) is 9.20. The van der Waals surface area contributed by atoms with Gasteiger partial charge in [0.05, 0.1) is 0 Å². The quantitative estimate of drug-likeness (QED) is 0.767. The highest BCUT2D eigenvalue weighted by Gasteiger charge is 2.32. The zero-order chi connectivity index (χ0) is 18.0. The van der Waals surface area contributed by atoms with E-state index in [4.69, 9.17) is 0 Å². The van der Waals surface area contributed by atoms with Crippen LogP contribution in [-0.2, 0) is 17.1 Å². The van der Waals surface area contributed by atoms with Gasteiger partial charge in [-0.25, -0.2) is 13.4 Å². The summed E-state index contributed by atoms with van der Waals surface area (Å²) in [5, 5.41) is 0.182. The summed E-state index contributed by atoms with van der Waals surface area (Å²) in [5.41, 5.74) is 0. The molecule has 1 aromatic rings. The van der Waals surface area contributed by atoms with Crippen LogP contribution in [0.15, 0.2) is 11.2 Å². The first-order valence-corrected chi connectivity index (χ1v) is 10.8. The summed E-state index contributed by atoms with van der Waals surface area (Å²) in [7, 11) is -1.62. The second-order valence-electron chi connectivity index (χ2n) is 7.32. The van der Waals surface area contributed by atoms with Crippen molar-refractivity contribution in [3.05, 3.63) is 12.0 Å². The summed E-state index contributed by atoms with van der Waals surface area (Å²) < 4.78 is 28.9. The van der Waals surface area contributed by atoms with Crippen molar-refractivity contribution in [3.8, 4) is 0 Å². The van der Waals surface area contributed by atoms with Gasteiger partial charge in [-0.15, -0.1) is 0 Å². The number of sulfonamides is 1. The van der Waals surface area contributed by atoms with E-state index in [1.165, 1.54) is 0 Å². The monoisotopic (exact) mass is 369 g/mol. The van der Waals surface area contributed by atoms with Gasteiger partial charge in [0.25, 0.3) is 10.0 Å². The number of piperazine rings is 1. The van der Waals surface area contributed by atoms with Crippen molar-refractivity contribution >= 4 is 10.0 Å². The Kier molecular flexibility index (Phi) is 5.82. The van der Waals surface area contributed by atoms with E-state index < -0.39 is 10.0 Å². The largest absolute Gasteiger partial charge is 0.337 e. The lowest BCUT2D eigenvalue weighted by Crippen LogP contribution is -2.49. The standard InChI is InChI=1S/C17H31N5O2S/c1-4-20-9-11-21(12-10-20)13-16-5-7-22(8-6-16)25(23,24)17-14-19(3)15(2)18-17/h14,16H,4-13H2,1-3H3. The number of hydrogen-bond acceptors (Lipinski definition) is 5. The third-order valence-electron chi connectivity index (χ3n) is 5.69. The summed E-state index contributed by atoms with van der Waals surface area (Å²) in [4.78, 5) is 9.24. The van der Waals surface area contributed by atoms with Crippen LogP contribution in [0.5, 0.6) is 0 Å². The van der Waals surface area contributed by atoms with Crippen LogP contribution in [0.1, 0.15) is 25.6 Å². The average Bonchev–Trinajstić information content (AvgIpc) is 2.96. The Bertz CT molecular complexity index is 652. The van der Waals surface area contributed by atoms with Gasteiger partial charge in [-0.3, -0.25) is 0 Å². The summed E-state index contributed by atoms with van der Waals surface area (Å²) >= 11 is 0. The highest BCUT2D eigenvalue weighted by Crippen LogP contribution is 2.24. The number of nitrogens with zero attached hydrogens (tertiary/aromatic N) is 5. The maximum atomic E-state index is 12.8. The van der Waals surface area contributed by atoms with Crippen molar-refractivity contribution in [1.82, 2.24) is 23.7 Å². The Labute approximate surface area is 151 Å². The van der Waals surface area contributed by atoms with Gasteiger partial charge >= 0.3 is 0 Å². The van der Waals surface area contributed by atoms with Gasteiger partial charge in [0, 0.05) is 59.1 Å². The minimum atomic E-state index is -3.45. The molecule has 8 heteroatoms. The minimum Gasteiger partial charge on any atom is -0.337 e. The van der Waals surface area contributed by atoms with E-state index in [1.54, 1.807) is 15.1 Å². The molecule has 2 aliphatic heterocycles. The van der Waals surface area contributed by atoms with E-state index in [1.807, 2.05) is 14.0 Å². The molecular formula is C17H31N5O2S. The minimum absolute atomic E-state index is 0.182. The summed E-state index contributed by atoms with van der Waals surface area (Å²) in [6, 6.07) is 0. The number of likely N-dealkylation sites (N-methyl/N-ethyl adjacent to an activating group) is 1. The third kappa shape index (κ3) is 4.24. The average molecular weight is 370 g/mol. The van der Waals surface area contributed by atoms with Gasteiger partial charge in [-0.2, -0.15) is 4.31 Å². The van der Waals surface area contributed by atoms with Gasteiger partial charge in [0.1, 0.15) is 5.82 Å². The molecule has 2 aliphatic rings. The van der Waals surface area contributed by atoms with Gasteiger partial charge in [0.15, 0.2) is 5.03 Å². The number of aromatic nitrogens is 2. The van der Waals surface area contributed by atoms with Gasteiger partial charge in [-0.05, 0) is 32.2 Å². The van der Waals surface area contributed by atoms with Crippen LogP contribution in [0, 0.1) is 12.8 Å². The normalized spacial score (nSPS) is 22.5. The molecule has 3 rings (SSSR count). The fraction of sp³-hybridized carbons (Fsp3) is 0.824. The Balaban J connectivity index is 1.51. The van der Waals surface area contributed by atoms with Crippen LogP contribution in [0.3, 0.4) is 0 Å². The Morgan fingerprint density at radius 1 is 1.08 bits per heavy atom. The van der Waals surface area contributed by atoms with Gasteiger partial charge in [-0.1, -0.05) is 6.92 Å². The molecule has 2 fully saturated rings. The molecule has 1 aromatic heterocycles. The Morgan fingerprint density at radius 3 is 2.20 bits per heavy atom. The van der Waals surface area contributed by atoms with Crippen LogP contribution in [0.2, 0.25) is 0 Å². The highest BCUT2D eigenvalue weighted by molar-refractivity contribution is 7.89. The topological polar surface area (TPSA) is 61.7 Å². The van der Waals surface area contributed by atoms with Crippen LogP contribution < -0.4 is 0 Å². The highest BCUT2D eigenvalue weighted by atomic mass is 32.2. The fourth-order valence-corrected chi connectivity index (χ4v) is 5.26. The lowest BCUT2D eigenvalue weighted by molar-refractivity contribution is 0.109. The maximum absolute atomic E-state index is 12.8. The molecule has 0 aromatic carbocycles. The molecule has 3 heterocycles. The van der Waals surface area contributed by atoms with Crippen molar-refractivity contribution in [1.29, 1.82) is 0 Å². The molecule has 0 aliphatic carbocycles. The second kappa shape index (κ2) is 7.73. The Hall–Kier alpha value is -0.960. The van der Waals surface area contributed by atoms with Crippen molar-refractivity contribution in [2.75, 3.05) is 52.4 Å². The molecule has 0 unspecified atom stereocenters. The van der Waals surface area contributed by atoms with Gasteiger partial charge in [0.2, 0.25) is 0 Å². The smallest absolute Gasteiger partial charge is 0.262 e. The van der Waals surface area contributed by atoms with E-state index in [0.29, 0.717) is 19.0 Å². The first-order chi connectivity index (χ1) is 11.9. The molecule has 0 spiro atoms. The molecule has 0 saturated carbocycles. The van der Waals surface area contributed by atoms with Crippen molar-refractivity contribution in [2.24, 2.45) is 13.0 Å². The van der Waals surface area contributed by atoms with E-state index in [9.17, 15) is 8.42 Å². The summed E-state index contributed by atoms with van der Waals surface area (Å²) in [6.45, 7) is 12.1. The summed E-state index contributed by atoms with van der Waals surface area (Å²) in [5.74, 6) is 1.32. The predicted molar refractivity (Wildman–Crippen MR) is 98.0 cm³/mol. The third-order valence-corrected chi connectivity index (χ3v) is 7.46. The molecule has 142 valence electrons. The van der Waals surface area contributed by atoms with Crippen molar-refractivity contribution in [2.45, 2.75) is 31.7 Å². The first kappa shape index (κ1) is 18.8. The molecule has 25 heavy (non-hydrogen) atoms. The van der Waals surface area contributed by atoms with E-state index >= 15 is 0 Å². The maximum Gasteiger partial charge on any atom is 0.262 e. The summed E-state index contributed by atoms with van der Waals surface area (Å²) in [6.07, 6.45) is 3.50. The van der Waals surface area contributed by atoms with Crippen molar-refractivity contribution in [3.63, 3.8) is 0 Å². The lowest BCUT2D eigenvalue weighted by atomic mass is 9.97. The van der Waals surface area contributed by atoms with E-state index in [0.717, 1.165) is 57.9 Å². The molecule has 0 N–H and O–H groups in total. The molecular weight excluding hydrogens is 338 g/mol. The molecule has 0 atom stereocenters. The van der Waals surface area contributed by atoms with Crippen LogP contribution >= 0.6 is 0 Å². The van der Waals surface area contributed by atoms with Crippen molar-refractivity contribution < 1.29 is 8.42 Å². The van der Waals surface area contributed by atoms with Gasteiger partial charge < -0.3 is 14.4 Å². The SMILES string of the molecule is CCN1CCN(CC2CCN(S(=O)(=O)c3cn(C)c(C)n3)CC2)CC1. The number of aryl methyl sites for hydroxylation is 2. The molecule has 2 saturated heterocycles. The number of piperidine rings is 1. The van der Waals surface area contributed by atoms with E-state index in [-0.39, 0.29) is 5.03 Å². The predicted octanol–water partition coefficient (Wildman–Crippen LogP) is 0.767. The molecule has 0 radical (unpaired) electrons. The Morgan fingerprint density at radius 2 is 1.68 bits per heavy atom. The molecule has 0 amide bonds. The zero-order valence-electron chi connectivity index (χ0n) is 15.7. The fourth-order valence-electron chi connectivity index (χ4n) is 3.77. The van der Waals surface area contributed by atoms with Crippen LogP contribution in [0.4, 0.5) is 0 Å². The number of rotatable bonds is 5. The van der Waals surface area contributed by atoms with Crippen LogP contribution in [-0.4, -0.2) is 84.4 Å². The zero-order valence-corrected chi connectivity index (χ0v) is 16.5. The first-order valence-electron chi connectivity index (χ1n) is 9.35. The number of hydrogen-bond donors (Lipinski definition) is 0. The molecule has 7 nitrogen and oxygen atoms in total. The van der Waals surface area contributed by atoms with Crippen LogP contribution in [0.25, 0.3) is 0 Å². The lowest BCUT2D eigenvalue weighted by Gasteiger charge is -2.38. The number of imidazole rings is 1. The molecule has 0 bridgehead atoms.